The predicted octanol–water partition coefficient (Wildman–Crippen LogP) is 5.19. The zero-order valence-corrected chi connectivity index (χ0v) is 17.6. The van der Waals surface area contributed by atoms with Crippen LogP contribution in [0.5, 0.6) is 11.5 Å². The molecule has 1 atom stereocenters. The van der Waals surface area contributed by atoms with Gasteiger partial charge in [0.1, 0.15) is 23.1 Å². The van der Waals surface area contributed by atoms with Crippen LogP contribution in [0, 0.1) is 18.3 Å². The number of halogens is 1. The molecule has 1 unspecified atom stereocenters. The minimum Gasteiger partial charge on any atom is -0.440 e. The second-order valence-electron chi connectivity index (χ2n) is 6.93. The number of allylic oxidation sites excluding steroid dienone is 1. The number of hydrogen-bond donors (Lipinski definition) is 1. The van der Waals surface area contributed by atoms with Gasteiger partial charge in [0.2, 0.25) is 5.88 Å². The number of esters is 1. The van der Waals surface area contributed by atoms with Gasteiger partial charge in [-0.3, -0.25) is 0 Å². The van der Waals surface area contributed by atoms with E-state index in [1.165, 1.54) is 0 Å². The summed E-state index contributed by atoms with van der Waals surface area (Å²) >= 11 is 3.43. The molecule has 0 aromatic heterocycles. The molecule has 5 nitrogen and oxygen atoms in total. The van der Waals surface area contributed by atoms with E-state index in [9.17, 15) is 10.1 Å². The second kappa shape index (κ2) is 8.05. The number of aryl methyl sites for hydroxylation is 1. The number of carbonyl (C=O) groups is 1. The zero-order valence-electron chi connectivity index (χ0n) is 16.1. The molecule has 0 saturated heterocycles. The van der Waals surface area contributed by atoms with Crippen LogP contribution in [-0.2, 0) is 0 Å². The van der Waals surface area contributed by atoms with Gasteiger partial charge in [0.05, 0.1) is 11.5 Å². The lowest BCUT2D eigenvalue weighted by Crippen LogP contribution is -2.21. The van der Waals surface area contributed by atoms with E-state index in [0.717, 1.165) is 21.2 Å². The number of fused-ring (bicyclic) bond motifs is 1. The standard InChI is InChI=1S/C24H17BrN2O3/c1-14-3-2-4-16(11-14)24(28)29-18-9-10-19-21(12-18)30-23(27)20(13-26)22(19)15-5-7-17(25)8-6-15/h2-12,22H,27H2,1H3. The molecule has 0 fully saturated rings. The van der Waals surface area contributed by atoms with Crippen molar-refractivity contribution in [2.75, 3.05) is 0 Å². The number of nitriles is 1. The smallest absolute Gasteiger partial charge is 0.343 e. The minimum atomic E-state index is -0.458. The molecule has 0 amide bonds. The number of nitrogens with two attached hydrogens (primary N) is 1. The first kappa shape index (κ1) is 19.7. The number of ether oxygens (including phenoxy) is 2. The van der Waals surface area contributed by atoms with Crippen LogP contribution < -0.4 is 15.2 Å². The average Bonchev–Trinajstić information content (AvgIpc) is 2.73. The number of carbonyl (C=O) groups excluding carboxylic acids is 1. The molecule has 3 aromatic rings. The quantitative estimate of drug-likeness (QED) is 0.429. The Balaban J connectivity index is 1.69. The highest BCUT2D eigenvalue weighted by molar-refractivity contribution is 9.10. The lowest BCUT2D eigenvalue weighted by Gasteiger charge is -2.26. The van der Waals surface area contributed by atoms with Gasteiger partial charge in [0, 0.05) is 16.1 Å². The summed E-state index contributed by atoms with van der Waals surface area (Å²) in [6.07, 6.45) is 0. The molecule has 0 radical (unpaired) electrons. The number of rotatable bonds is 3. The highest BCUT2D eigenvalue weighted by Crippen LogP contribution is 2.43. The van der Waals surface area contributed by atoms with E-state index in [2.05, 4.69) is 22.0 Å². The van der Waals surface area contributed by atoms with Crippen molar-refractivity contribution in [1.82, 2.24) is 0 Å². The van der Waals surface area contributed by atoms with E-state index in [1.807, 2.05) is 37.3 Å². The van der Waals surface area contributed by atoms with Crippen LogP contribution in [0.1, 0.15) is 33.0 Å². The molecular formula is C24H17BrN2O3. The topological polar surface area (TPSA) is 85.3 Å². The van der Waals surface area contributed by atoms with Crippen molar-refractivity contribution < 1.29 is 14.3 Å². The number of benzene rings is 3. The Kier molecular flexibility index (Phi) is 5.30. The van der Waals surface area contributed by atoms with Crippen LogP contribution >= 0.6 is 15.9 Å². The lowest BCUT2D eigenvalue weighted by atomic mass is 9.83. The van der Waals surface area contributed by atoms with Crippen molar-refractivity contribution in [3.8, 4) is 17.6 Å². The highest BCUT2D eigenvalue weighted by atomic mass is 79.9. The Morgan fingerprint density at radius 2 is 1.90 bits per heavy atom. The Labute approximate surface area is 182 Å². The first-order valence-corrected chi connectivity index (χ1v) is 10.0. The molecule has 30 heavy (non-hydrogen) atoms. The molecule has 1 aliphatic heterocycles. The average molecular weight is 461 g/mol. The normalized spacial score (nSPS) is 15.0. The van der Waals surface area contributed by atoms with Crippen molar-refractivity contribution in [2.24, 2.45) is 5.73 Å². The molecule has 4 rings (SSSR count). The fourth-order valence-electron chi connectivity index (χ4n) is 3.44. The molecule has 148 valence electrons. The van der Waals surface area contributed by atoms with Gasteiger partial charge in [-0.25, -0.2) is 4.79 Å². The van der Waals surface area contributed by atoms with Crippen LogP contribution in [0.15, 0.2) is 82.7 Å². The van der Waals surface area contributed by atoms with Crippen LogP contribution in [0.3, 0.4) is 0 Å². The van der Waals surface area contributed by atoms with Crippen molar-refractivity contribution in [2.45, 2.75) is 12.8 Å². The van der Waals surface area contributed by atoms with Gasteiger partial charge in [-0.1, -0.05) is 51.8 Å². The van der Waals surface area contributed by atoms with Crippen LogP contribution in [0.4, 0.5) is 0 Å². The van der Waals surface area contributed by atoms with E-state index in [0.29, 0.717) is 22.6 Å². The summed E-state index contributed by atoms with van der Waals surface area (Å²) in [5.41, 5.74) is 9.50. The van der Waals surface area contributed by atoms with Gasteiger partial charge in [-0.05, 0) is 42.8 Å². The lowest BCUT2D eigenvalue weighted by molar-refractivity contribution is 0.0734. The maximum absolute atomic E-state index is 12.5. The summed E-state index contributed by atoms with van der Waals surface area (Å²) in [5, 5.41) is 9.65. The van der Waals surface area contributed by atoms with E-state index in [-0.39, 0.29) is 11.8 Å². The summed E-state index contributed by atoms with van der Waals surface area (Å²) in [6, 6.07) is 22.1. The monoisotopic (exact) mass is 460 g/mol. The summed E-state index contributed by atoms with van der Waals surface area (Å²) < 4.78 is 12.1. The molecule has 0 aliphatic carbocycles. The second-order valence-corrected chi connectivity index (χ2v) is 7.85. The third-order valence-corrected chi connectivity index (χ3v) is 5.39. The van der Waals surface area contributed by atoms with Gasteiger partial charge in [0.15, 0.2) is 0 Å². The van der Waals surface area contributed by atoms with Crippen molar-refractivity contribution in [3.63, 3.8) is 0 Å². The number of nitrogens with zero attached hydrogens (tertiary/aromatic N) is 1. The largest absolute Gasteiger partial charge is 0.440 e. The first-order chi connectivity index (χ1) is 14.5. The van der Waals surface area contributed by atoms with Crippen molar-refractivity contribution >= 4 is 21.9 Å². The molecule has 0 bridgehead atoms. The maximum Gasteiger partial charge on any atom is 0.343 e. The van der Waals surface area contributed by atoms with Crippen LogP contribution in [0.25, 0.3) is 0 Å². The summed E-state index contributed by atoms with van der Waals surface area (Å²) in [6.45, 7) is 1.91. The first-order valence-electron chi connectivity index (χ1n) is 9.22. The number of hydrogen-bond acceptors (Lipinski definition) is 5. The maximum atomic E-state index is 12.5. The SMILES string of the molecule is Cc1cccc(C(=O)Oc2ccc3c(c2)OC(N)=C(C#N)C3c2ccc(Br)cc2)c1. The Hall–Kier alpha value is -3.56. The van der Waals surface area contributed by atoms with Crippen LogP contribution in [-0.4, -0.2) is 5.97 Å². The molecule has 1 aliphatic rings. The van der Waals surface area contributed by atoms with E-state index in [1.54, 1.807) is 36.4 Å². The van der Waals surface area contributed by atoms with E-state index < -0.39 is 5.97 Å². The molecule has 1 heterocycles. The van der Waals surface area contributed by atoms with Gasteiger partial charge < -0.3 is 15.2 Å². The third kappa shape index (κ3) is 3.80. The molecule has 0 spiro atoms. The molecule has 3 aromatic carbocycles. The van der Waals surface area contributed by atoms with Crippen LogP contribution in [0.2, 0.25) is 0 Å². The highest BCUT2D eigenvalue weighted by Gasteiger charge is 2.31. The zero-order chi connectivity index (χ0) is 21.3. The summed E-state index contributed by atoms with van der Waals surface area (Å²) in [7, 11) is 0. The predicted molar refractivity (Wildman–Crippen MR) is 116 cm³/mol. The van der Waals surface area contributed by atoms with Gasteiger partial charge in [-0.15, -0.1) is 0 Å². The Morgan fingerprint density at radius 1 is 1.13 bits per heavy atom. The van der Waals surface area contributed by atoms with Gasteiger partial charge in [0.25, 0.3) is 0 Å². The Morgan fingerprint density at radius 3 is 2.60 bits per heavy atom. The van der Waals surface area contributed by atoms with E-state index >= 15 is 0 Å². The van der Waals surface area contributed by atoms with Gasteiger partial charge in [-0.2, -0.15) is 5.26 Å². The van der Waals surface area contributed by atoms with E-state index in [4.69, 9.17) is 15.2 Å². The Bertz CT molecular complexity index is 1210. The minimum absolute atomic E-state index is 0.0417. The van der Waals surface area contributed by atoms with Crippen molar-refractivity contribution in [1.29, 1.82) is 5.26 Å². The van der Waals surface area contributed by atoms with Gasteiger partial charge >= 0.3 is 5.97 Å². The molecule has 2 N–H and O–H groups in total. The molecule has 6 heteroatoms. The summed E-state index contributed by atoms with van der Waals surface area (Å²) in [4.78, 5) is 12.5. The molecular weight excluding hydrogens is 444 g/mol. The van der Waals surface area contributed by atoms with Crippen molar-refractivity contribution in [3.05, 3.63) is 105 Å². The third-order valence-electron chi connectivity index (χ3n) is 4.86. The summed E-state index contributed by atoms with van der Waals surface area (Å²) in [5.74, 6) is 0.00517. The molecule has 0 saturated carbocycles. The fraction of sp³-hybridized carbons (Fsp3) is 0.0833. The fourth-order valence-corrected chi connectivity index (χ4v) is 3.70.